The molecule has 0 aliphatic heterocycles. The molecule has 3 nitrogen and oxygen atoms in total. The van der Waals surface area contributed by atoms with Crippen molar-refractivity contribution in [2.45, 2.75) is 26.3 Å². The van der Waals surface area contributed by atoms with E-state index in [0.717, 1.165) is 6.42 Å². The summed E-state index contributed by atoms with van der Waals surface area (Å²) in [5, 5.41) is 3.04. The molecule has 0 saturated carbocycles. The van der Waals surface area contributed by atoms with Gasteiger partial charge in [0.2, 0.25) is 0 Å². The molecule has 4 heteroatoms. The largest absolute Gasteiger partial charge is 0.468 e. The molecule has 1 atom stereocenters. The van der Waals surface area contributed by atoms with E-state index < -0.39 is 12.0 Å². The average Bonchev–Trinajstić information content (AvgIpc) is 2.33. The van der Waals surface area contributed by atoms with Gasteiger partial charge in [-0.15, -0.1) is 0 Å². The summed E-state index contributed by atoms with van der Waals surface area (Å²) in [5.74, 6) is -0.712. The van der Waals surface area contributed by atoms with Crippen molar-refractivity contribution in [1.82, 2.24) is 5.32 Å². The summed E-state index contributed by atoms with van der Waals surface area (Å²) in [5.41, 5.74) is 1.15. The molecule has 0 saturated heterocycles. The highest BCUT2D eigenvalue weighted by molar-refractivity contribution is 5.77. The minimum Gasteiger partial charge on any atom is -0.468 e. The van der Waals surface area contributed by atoms with Gasteiger partial charge in [0, 0.05) is 0 Å². The van der Waals surface area contributed by atoms with Crippen molar-refractivity contribution in [3.63, 3.8) is 0 Å². The minimum atomic E-state index is -0.602. The van der Waals surface area contributed by atoms with Crippen molar-refractivity contribution in [3.05, 3.63) is 35.1 Å². The Kier molecular flexibility index (Phi) is 5.10. The highest BCUT2D eigenvalue weighted by Gasteiger charge is 2.21. The van der Waals surface area contributed by atoms with Crippen molar-refractivity contribution in [2.24, 2.45) is 0 Å². The van der Waals surface area contributed by atoms with Gasteiger partial charge >= 0.3 is 5.97 Å². The number of ether oxygens (including phenoxy) is 1. The van der Waals surface area contributed by atoms with Gasteiger partial charge in [0.1, 0.15) is 11.9 Å². The van der Waals surface area contributed by atoms with Gasteiger partial charge in [-0.25, -0.2) is 9.18 Å². The van der Waals surface area contributed by atoms with E-state index in [1.807, 2.05) is 6.92 Å². The fourth-order valence-corrected chi connectivity index (χ4v) is 1.53. The highest BCUT2D eigenvalue weighted by atomic mass is 19.1. The van der Waals surface area contributed by atoms with Gasteiger partial charge in [-0.1, -0.05) is 19.1 Å². The first kappa shape index (κ1) is 13.6. The second-order valence-electron chi connectivity index (χ2n) is 3.92. The third-order valence-corrected chi connectivity index (χ3v) is 2.56. The number of hydrogen-bond donors (Lipinski definition) is 1. The predicted molar refractivity (Wildman–Crippen MR) is 64.2 cm³/mol. The maximum absolute atomic E-state index is 13.4. The monoisotopic (exact) mass is 239 g/mol. The number of nitrogens with one attached hydrogen (secondary N) is 1. The third-order valence-electron chi connectivity index (χ3n) is 2.56. The third kappa shape index (κ3) is 3.53. The molecule has 0 amide bonds. The molecule has 0 radical (unpaired) electrons. The predicted octanol–water partition coefficient (Wildman–Crippen LogP) is 2.35. The lowest BCUT2D eigenvalue weighted by molar-refractivity contribution is -0.143. The Morgan fingerprint density at radius 1 is 1.53 bits per heavy atom. The number of carbonyl (C=O) groups excluding carboxylic acids is 1. The molecule has 94 valence electrons. The lowest BCUT2D eigenvalue weighted by Crippen LogP contribution is -2.30. The van der Waals surface area contributed by atoms with Gasteiger partial charge in [0.05, 0.1) is 7.11 Å². The Morgan fingerprint density at radius 2 is 2.24 bits per heavy atom. The quantitative estimate of drug-likeness (QED) is 0.801. The van der Waals surface area contributed by atoms with Crippen molar-refractivity contribution >= 4 is 5.97 Å². The van der Waals surface area contributed by atoms with Gasteiger partial charge in [0.25, 0.3) is 0 Å². The van der Waals surface area contributed by atoms with Crippen LogP contribution in [0.1, 0.15) is 30.5 Å². The van der Waals surface area contributed by atoms with Crippen LogP contribution in [0.25, 0.3) is 0 Å². The number of methoxy groups -OCH3 is 1. The number of hydrogen-bond acceptors (Lipinski definition) is 3. The number of carbonyl (C=O) groups is 1. The summed E-state index contributed by atoms with van der Waals surface area (Å²) < 4.78 is 18.2. The van der Waals surface area contributed by atoms with Crippen LogP contribution in [0.2, 0.25) is 0 Å². The summed E-state index contributed by atoms with van der Waals surface area (Å²) in [6.45, 7) is 4.36. The number of rotatable bonds is 5. The molecule has 0 bridgehead atoms. The van der Waals surface area contributed by atoms with Crippen LogP contribution in [-0.2, 0) is 9.53 Å². The van der Waals surface area contributed by atoms with E-state index in [0.29, 0.717) is 17.7 Å². The Bertz CT molecular complexity index is 393. The van der Waals surface area contributed by atoms with Crippen LogP contribution in [0, 0.1) is 12.7 Å². The highest BCUT2D eigenvalue weighted by Crippen LogP contribution is 2.18. The Hall–Kier alpha value is -1.42. The standard InChI is InChI=1S/C13H18FNO2/c1-4-7-15-12(13(16)17-3)10-6-5-9(2)11(14)8-10/h5-6,8,12,15H,4,7H2,1-3H3. The van der Waals surface area contributed by atoms with Crippen molar-refractivity contribution < 1.29 is 13.9 Å². The van der Waals surface area contributed by atoms with Crippen LogP contribution >= 0.6 is 0 Å². The average molecular weight is 239 g/mol. The number of aryl methyl sites for hydroxylation is 1. The Morgan fingerprint density at radius 3 is 2.76 bits per heavy atom. The molecule has 0 aliphatic rings. The van der Waals surface area contributed by atoms with Crippen molar-refractivity contribution in [2.75, 3.05) is 13.7 Å². The van der Waals surface area contributed by atoms with Crippen molar-refractivity contribution in [1.29, 1.82) is 0 Å². The summed E-state index contributed by atoms with van der Waals surface area (Å²) in [6.07, 6.45) is 0.891. The molecule has 1 N–H and O–H groups in total. The SMILES string of the molecule is CCCNC(C(=O)OC)c1ccc(C)c(F)c1. The fraction of sp³-hybridized carbons (Fsp3) is 0.462. The van der Waals surface area contributed by atoms with Gasteiger partial charge in [-0.3, -0.25) is 0 Å². The lowest BCUT2D eigenvalue weighted by atomic mass is 10.0. The van der Waals surface area contributed by atoms with Crippen LogP contribution < -0.4 is 5.32 Å². The molecule has 1 rings (SSSR count). The smallest absolute Gasteiger partial charge is 0.327 e. The van der Waals surface area contributed by atoms with E-state index in [4.69, 9.17) is 4.74 Å². The maximum Gasteiger partial charge on any atom is 0.327 e. The zero-order valence-electron chi connectivity index (χ0n) is 10.4. The molecular weight excluding hydrogens is 221 g/mol. The van der Waals surface area contributed by atoms with E-state index in [1.165, 1.54) is 13.2 Å². The molecule has 1 unspecified atom stereocenters. The van der Waals surface area contributed by atoms with E-state index in [2.05, 4.69) is 5.32 Å². The normalized spacial score (nSPS) is 12.2. The summed E-state index contributed by atoms with van der Waals surface area (Å²) in [7, 11) is 1.33. The van der Waals surface area contributed by atoms with Gasteiger partial charge in [0.15, 0.2) is 0 Å². The van der Waals surface area contributed by atoms with Gasteiger partial charge < -0.3 is 10.1 Å². The molecule has 1 aromatic rings. The van der Waals surface area contributed by atoms with E-state index in [1.54, 1.807) is 19.1 Å². The summed E-state index contributed by atoms with van der Waals surface area (Å²) in [6, 6.07) is 4.17. The van der Waals surface area contributed by atoms with Crippen LogP contribution in [0.5, 0.6) is 0 Å². The van der Waals surface area contributed by atoms with Gasteiger partial charge in [-0.05, 0) is 37.1 Å². The van der Waals surface area contributed by atoms with Crippen LogP contribution in [0.3, 0.4) is 0 Å². The minimum absolute atomic E-state index is 0.310. The zero-order valence-corrected chi connectivity index (χ0v) is 10.4. The van der Waals surface area contributed by atoms with E-state index >= 15 is 0 Å². The fourth-order valence-electron chi connectivity index (χ4n) is 1.53. The molecule has 0 heterocycles. The van der Waals surface area contributed by atoms with Crippen LogP contribution in [-0.4, -0.2) is 19.6 Å². The van der Waals surface area contributed by atoms with E-state index in [-0.39, 0.29) is 5.82 Å². The van der Waals surface area contributed by atoms with Crippen molar-refractivity contribution in [3.8, 4) is 0 Å². The lowest BCUT2D eigenvalue weighted by Gasteiger charge is -2.16. The Labute approximate surface area is 101 Å². The summed E-state index contributed by atoms with van der Waals surface area (Å²) >= 11 is 0. The first-order chi connectivity index (χ1) is 8.10. The zero-order chi connectivity index (χ0) is 12.8. The molecule has 17 heavy (non-hydrogen) atoms. The number of halogens is 1. The maximum atomic E-state index is 13.4. The van der Waals surface area contributed by atoms with Crippen LogP contribution in [0.4, 0.5) is 4.39 Å². The number of esters is 1. The first-order valence-electron chi connectivity index (χ1n) is 5.67. The molecule has 0 spiro atoms. The number of benzene rings is 1. The second kappa shape index (κ2) is 6.35. The second-order valence-corrected chi connectivity index (χ2v) is 3.92. The van der Waals surface area contributed by atoms with Crippen LogP contribution in [0.15, 0.2) is 18.2 Å². The molecule has 0 aliphatic carbocycles. The van der Waals surface area contributed by atoms with E-state index in [9.17, 15) is 9.18 Å². The first-order valence-corrected chi connectivity index (χ1v) is 5.67. The topological polar surface area (TPSA) is 38.3 Å². The summed E-state index contributed by atoms with van der Waals surface area (Å²) in [4.78, 5) is 11.6. The molecule has 1 aromatic carbocycles. The van der Waals surface area contributed by atoms with Gasteiger partial charge in [-0.2, -0.15) is 0 Å². The molecule has 0 fully saturated rings. The Balaban J connectivity index is 2.95. The molecular formula is C13H18FNO2. The molecule has 0 aromatic heterocycles.